The fourth-order valence-electron chi connectivity index (χ4n) is 1.89. The van der Waals surface area contributed by atoms with Gasteiger partial charge in [-0.2, -0.15) is 13.2 Å². The summed E-state index contributed by atoms with van der Waals surface area (Å²) in [6.07, 6.45) is -3.97. The zero-order chi connectivity index (χ0) is 16.2. The normalized spacial score (nSPS) is 13.1. The molecule has 4 nitrogen and oxygen atoms in total. The van der Waals surface area contributed by atoms with Crippen molar-refractivity contribution in [3.05, 3.63) is 23.8 Å². The zero-order valence-electron chi connectivity index (χ0n) is 12.1. The molecule has 1 unspecified atom stereocenters. The molecule has 21 heavy (non-hydrogen) atoms. The Morgan fingerprint density at radius 3 is 2.43 bits per heavy atom. The van der Waals surface area contributed by atoms with E-state index in [4.69, 9.17) is 5.73 Å². The van der Waals surface area contributed by atoms with E-state index < -0.39 is 23.8 Å². The van der Waals surface area contributed by atoms with Crippen LogP contribution in [0.5, 0.6) is 0 Å². The molecule has 0 saturated carbocycles. The Morgan fingerprint density at radius 1 is 1.38 bits per heavy atom. The Hall–Kier alpha value is -1.92. The van der Waals surface area contributed by atoms with E-state index in [2.05, 4.69) is 10.1 Å². The Balaban J connectivity index is 2.97. The first-order chi connectivity index (χ1) is 9.65. The molecule has 1 aromatic rings. The SMILES string of the molecule is COC(=O)C(CC(C)C)Nc1ccc(C(F)(F)F)cc1N. The lowest BCUT2D eigenvalue weighted by Gasteiger charge is -2.21. The van der Waals surface area contributed by atoms with E-state index in [1.165, 1.54) is 13.2 Å². The van der Waals surface area contributed by atoms with Gasteiger partial charge in [0.05, 0.1) is 24.0 Å². The summed E-state index contributed by atoms with van der Waals surface area (Å²) in [5.41, 5.74) is 5.00. The van der Waals surface area contributed by atoms with Crippen molar-refractivity contribution in [2.45, 2.75) is 32.5 Å². The first-order valence-corrected chi connectivity index (χ1v) is 6.46. The number of nitrogens with two attached hydrogens (primary N) is 1. The number of methoxy groups -OCH3 is 1. The van der Waals surface area contributed by atoms with Crippen molar-refractivity contribution in [1.82, 2.24) is 0 Å². The van der Waals surface area contributed by atoms with Gasteiger partial charge in [-0.3, -0.25) is 0 Å². The number of alkyl halides is 3. The highest BCUT2D eigenvalue weighted by molar-refractivity contribution is 5.81. The predicted molar refractivity (Wildman–Crippen MR) is 74.7 cm³/mol. The highest BCUT2D eigenvalue weighted by Crippen LogP contribution is 2.33. The van der Waals surface area contributed by atoms with Gasteiger partial charge < -0.3 is 15.8 Å². The number of carbonyl (C=O) groups excluding carboxylic acids is 1. The van der Waals surface area contributed by atoms with Gasteiger partial charge in [-0.05, 0) is 30.5 Å². The Labute approximate surface area is 121 Å². The molecule has 1 aromatic carbocycles. The Bertz CT molecular complexity index is 501. The van der Waals surface area contributed by atoms with Crippen LogP contribution in [0, 0.1) is 5.92 Å². The van der Waals surface area contributed by atoms with Gasteiger partial charge in [-0.25, -0.2) is 4.79 Å². The third kappa shape index (κ3) is 4.84. The lowest BCUT2D eigenvalue weighted by molar-refractivity contribution is -0.142. The highest BCUT2D eigenvalue weighted by Gasteiger charge is 2.31. The smallest absolute Gasteiger partial charge is 0.416 e. The fraction of sp³-hybridized carbons (Fsp3) is 0.500. The lowest BCUT2D eigenvalue weighted by atomic mass is 10.0. The van der Waals surface area contributed by atoms with Crippen LogP contribution in [-0.4, -0.2) is 19.1 Å². The number of anilines is 2. The van der Waals surface area contributed by atoms with Crippen LogP contribution in [0.2, 0.25) is 0 Å². The summed E-state index contributed by atoms with van der Waals surface area (Å²) < 4.78 is 42.4. The standard InChI is InChI=1S/C14H19F3N2O2/c1-8(2)6-12(13(20)21-3)19-11-5-4-9(7-10(11)18)14(15,16)17/h4-5,7-8,12,19H,6,18H2,1-3H3. The lowest BCUT2D eigenvalue weighted by Crippen LogP contribution is -2.32. The average molecular weight is 304 g/mol. The molecule has 0 aliphatic rings. The third-order valence-corrected chi connectivity index (χ3v) is 2.90. The molecule has 0 aliphatic carbocycles. The summed E-state index contributed by atoms with van der Waals surface area (Å²) in [6, 6.07) is 2.32. The van der Waals surface area contributed by atoms with E-state index in [1.54, 1.807) is 0 Å². The maximum Gasteiger partial charge on any atom is 0.416 e. The molecule has 1 atom stereocenters. The van der Waals surface area contributed by atoms with Gasteiger partial charge in [0.1, 0.15) is 6.04 Å². The molecule has 0 heterocycles. The van der Waals surface area contributed by atoms with Crippen LogP contribution in [0.3, 0.4) is 0 Å². The minimum Gasteiger partial charge on any atom is -0.467 e. The van der Waals surface area contributed by atoms with Crippen molar-refractivity contribution < 1.29 is 22.7 Å². The number of nitrogens with one attached hydrogen (secondary N) is 1. The van der Waals surface area contributed by atoms with E-state index in [1.807, 2.05) is 13.8 Å². The van der Waals surface area contributed by atoms with Crippen LogP contribution in [-0.2, 0) is 15.7 Å². The van der Waals surface area contributed by atoms with Crippen LogP contribution in [0.25, 0.3) is 0 Å². The Kier molecular flexibility index (Phi) is 5.46. The number of halogens is 3. The number of rotatable bonds is 5. The third-order valence-electron chi connectivity index (χ3n) is 2.90. The minimum absolute atomic E-state index is 0.0671. The van der Waals surface area contributed by atoms with E-state index in [-0.39, 0.29) is 17.3 Å². The summed E-state index contributed by atoms with van der Waals surface area (Å²) in [7, 11) is 1.26. The first kappa shape index (κ1) is 17.1. The molecule has 0 saturated heterocycles. The molecule has 7 heteroatoms. The van der Waals surface area contributed by atoms with E-state index in [9.17, 15) is 18.0 Å². The molecule has 0 fully saturated rings. The zero-order valence-corrected chi connectivity index (χ0v) is 12.1. The number of nitrogen functional groups attached to an aromatic ring is 1. The van der Waals surface area contributed by atoms with Crippen molar-refractivity contribution in [3.63, 3.8) is 0 Å². The molecule has 0 spiro atoms. The molecule has 3 N–H and O–H groups in total. The second-order valence-corrected chi connectivity index (χ2v) is 5.15. The van der Waals surface area contributed by atoms with Crippen LogP contribution < -0.4 is 11.1 Å². The van der Waals surface area contributed by atoms with Gasteiger partial charge in [0.15, 0.2) is 0 Å². The maximum absolute atomic E-state index is 12.6. The van der Waals surface area contributed by atoms with Gasteiger partial charge in [-0.1, -0.05) is 13.8 Å². The van der Waals surface area contributed by atoms with Crippen LogP contribution in [0.4, 0.5) is 24.5 Å². The molecule has 0 aromatic heterocycles. The second-order valence-electron chi connectivity index (χ2n) is 5.15. The maximum atomic E-state index is 12.6. The van der Waals surface area contributed by atoms with Crippen molar-refractivity contribution >= 4 is 17.3 Å². The van der Waals surface area contributed by atoms with Crippen LogP contribution in [0.15, 0.2) is 18.2 Å². The number of benzene rings is 1. The van der Waals surface area contributed by atoms with Crippen molar-refractivity contribution in [2.75, 3.05) is 18.2 Å². The minimum atomic E-state index is -4.45. The topological polar surface area (TPSA) is 64.3 Å². The first-order valence-electron chi connectivity index (χ1n) is 6.46. The molecule has 0 amide bonds. The molecular weight excluding hydrogens is 285 g/mol. The van der Waals surface area contributed by atoms with Gasteiger partial charge in [0.25, 0.3) is 0 Å². The molecule has 118 valence electrons. The van der Waals surface area contributed by atoms with Crippen molar-refractivity contribution in [1.29, 1.82) is 0 Å². The number of esters is 1. The van der Waals surface area contributed by atoms with Crippen LogP contribution in [0.1, 0.15) is 25.8 Å². The summed E-state index contributed by atoms with van der Waals surface area (Å²) >= 11 is 0. The Morgan fingerprint density at radius 2 is 2.00 bits per heavy atom. The average Bonchev–Trinajstić information content (AvgIpc) is 2.37. The molecular formula is C14H19F3N2O2. The molecule has 0 radical (unpaired) electrons. The predicted octanol–water partition coefficient (Wildman–Crippen LogP) is 3.29. The van der Waals surface area contributed by atoms with Gasteiger partial charge in [0, 0.05) is 0 Å². The number of carbonyl (C=O) groups is 1. The molecule has 0 aliphatic heterocycles. The van der Waals surface area contributed by atoms with E-state index in [0.717, 1.165) is 12.1 Å². The van der Waals surface area contributed by atoms with Gasteiger partial charge in [0.2, 0.25) is 0 Å². The fourth-order valence-corrected chi connectivity index (χ4v) is 1.89. The number of hydrogen-bond acceptors (Lipinski definition) is 4. The number of hydrogen-bond donors (Lipinski definition) is 2. The van der Waals surface area contributed by atoms with E-state index >= 15 is 0 Å². The summed E-state index contributed by atoms with van der Waals surface area (Å²) in [5, 5.41) is 2.84. The van der Waals surface area contributed by atoms with Crippen molar-refractivity contribution in [3.8, 4) is 0 Å². The molecule has 1 rings (SSSR count). The van der Waals surface area contributed by atoms with Crippen molar-refractivity contribution in [2.24, 2.45) is 5.92 Å². The summed E-state index contributed by atoms with van der Waals surface area (Å²) in [6.45, 7) is 3.85. The largest absolute Gasteiger partial charge is 0.467 e. The molecule has 0 bridgehead atoms. The second kappa shape index (κ2) is 6.69. The van der Waals surface area contributed by atoms with Gasteiger partial charge in [-0.15, -0.1) is 0 Å². The van der Waals surface area contributed by atoms with Gasteiger partial charge >= 0.3 is 12.1 Å². The quantitative estimate of drug-likeness (QED) is 0.647. The summed E-state index contributed by atoms with van der Waals surface area (Å²) in [5.74, 6) is -0.278. The number of ether oxygens (including phenoxy) is 1. The monoisotopic (exact) mass is 304 g/mol. The van der Waals surface area contributed by atoms with Crippen LogP contribution >= 0.6 is 0 Å². The summed E-state index contributed by atoms with van der Waals surface area (Å²) in [4.78, 5) is 11.7. The highest BCUT2D eigenvalue weighted by atomic mass is 19.4. The van der Waals surface area contributed by atoms with E-state index in [0.29, 0.717) is 6.42 Å².